The van der Waals surface area contributed by atoms with Gasteiger partial charge in [-0.3, -0.25) is 10.2 Å². The first kappa shape index (κ1) is 22.8. The highest BCUT2D eigenvalue weighted by Gasteiger charge is 2.24. The molecule has 1 unspecified atom stereocenters. The number of anilines is 1. The van der Waals surface area contributed by atoms with Crippen molar-refractivity contribution in [3.8, 4) is 5.75 Å². The minimum atomic E-state index is -1.11. The Morgan fingerprint density at radius 3 is 2.32 bits per heavy atom. The molecule has 28 heavy (non-hydrogen) atoms. The molecule has 8 nitrogen and oxygen atoms in total. The van der Waals surface area contributed by atoms with Gasteiger partial charge in [-0.15, -0.1) is 12.4 Å². The predicted octanol–water partition coefficient (Wildman–Crippen LogP) is 2.06. The van der Waals surface area contributed by atoms with E-state index in [0.717, 1.165) is 5.56 Å². The molecular weight excluding hydrogens is 384 g/mol. The maximum atomic E-state index is 11.9. The maximum absolute atomic E-state index is 11.9. The Labute approximate surface area is 168 Å². The lowest BCUT2D eigenvalue weighted by atomic mass is 10.0. The number of carboxylic acids is 1. The van der Waals surface area contributed by atoms with E-state index in [2.05, 4.69) is 5.32 Å². The fraction of sp³-hybridized carbons (Fsp3) is 0.211. The van der Waals surface area contributed by atoms with Crippen LogP contribution in [0.3, 0.4) is 0 Å². The number of benzene rings is 2. The molecule has 9 heteroatoms. The summed E-state index contributed by atoms with van der Waals surface area (Å²) in [6, 6.07) is 10.6. The summed E-state index contributed by atoms with van der Waals surface area (Å²) in [6.45, 7) is 1.60. The molecule has 0 spiro atoms. The van der Waals surface area contributed by atoms with E-state index < -0.39 is 17.9 Å². The van der Waals surface area contributed by atoms with Gasteiger partial charge in [0.15, 0.2) is 12.6 Å². The van der Waals surface area contributed by atoms with Crippen LogP contribution in [0, 0.1) is 5.41 Å². The average Bonchev–Trinajstić information content (AvgIpc) is 2.64. The van der Waals surface area contributed by atoms with Crippen molar-refractivity contribution < 1.29 is 19.4 Å². The topological polar surface area (TPSA) is 152 Å². The van der Waals surface area contributed by atoms with Crippen LogP contribution in [0.25, 0.3) is 0 Å². The summed E-state index contributed by atoms with van der Waals surface area (Å²) in [6.07, 6.45) is 0.711. The highest BCUT2D eigenvalue weighted by Crippen LogP contribution is 2.30. The molecule has 0 aliphatic carbocycles. The number of nitrogens with two attached hydrogens (primary N) is 2. The molecule has 0 aliphatic heterocycles. The first-order valence-electron chi connectivity index (χ1n) is 8.29. The molecule has 0 aromatic heterocycles. The van der Waals surface area contributed by atoms with Crippen LogP contribution in [0.15, 0.2) is 42.5 Å². The molecule has 150 valence electrons. The summed E-state index contributed by atoms with van der Waals surface area (Å²) in [7, 11) is 0. The zero-order chi connectivity index (χ0) is 20.0. The molecule has 2 aromatic rings. The van der Waals surface area contributed by atoms with Crippen molar-refractivity contribution in [3.05, 3.63) is 59.2 Å². The van der Waals surface area contributed by atoms with E-state index in [-0.39, 0.29) is 30.6 Å². The highest BCUT2D eigenvalue weighted by atomic mass is 35.5. The summed E-state index contributed by atoms with van der Waals surface area (Å²) in [5.41, 5.74) is 12.9. The number of hydrogen-bond acceptors (Lipinski definition) is 5. The van der Waals surface area contributed by atoms with Crippen molar-refractivity contribution in [1.82, 2.24) is 0 Å². The molecule has 0 saturated carbocycles. The van der Waals surface area contributed by atoms with Gasteiger partial charge in [-0.2, -0.15) is 0 Å². The van der Waals surface area contributed by atoms with Gasteiger partial charge in [-0.05, 0) is 48.4 Å². The number of primary amides is 1. The van der Waals surface area contributed by atoms with Crippen molar-refractivity contribution in [3.63, 3.8) is 0 Å². The average molecular weight is 407 g/mol. The van der Waals surface area contributed by atoms with Crippen LogP contribution in [0.1, 0.15) is 29.7 Å². The van der Waals surface area contributed by atoms with Crippen LogP contribution in [0.2, 0.25) is 0 Å². The summed E-state index contributed by atoms with van der Waals surface area (Å²) in [5.74, 6) is -1.57. The fourth-order valence-electron chi connectivity index (χ4n) is 2.51. The lowest BCUT2D eigenvalue weighted by Crippen LogP contribution is -2.24. The van der Waals surface area contributed by atoms with Gasteiger partial charge in [-0.1, -0.05) is 13.0 Å². The second-order valence-electron chi connectivity index (χ2n) is 5.89. The minimum Gasteiger partial charge on any atom is -0.483 e. The normalized spacial score (nSPS) is 11.0. The number of rotatable bonds is 9. The number of aliphatic carboxylic acids is 1. The van der Waals surface area contributed by atoms with E-state index in [1.54, 1.807) is 42.5 Å². The van der Waals surface area contributed by atoms with E-state index in [0.29, 0.717) is 23.2 Å². The summed E-state index contributed by atoms with van der Waals surface area (Å²) in [4.78, 5) is 22.9. The molecule has 7 N–H and O–H groups in total. The zero-order valence-corrected chi connectivity index (χ0v) is 16.1. The fourth-order valence-corrected chi connectivity index (χ4v) is 2.51. The number of carboxylic acid groups (broad SMARTS) is 1. The van der Waals surface area contributed by atoms with Crippen LogP contribution < -0.4 is 21.5 Å². The third kappa shape index (κ3) is 5.88. The summed E-state index contributed by atoms with van der Waals surface area (Å²) in [5, 5.41) is 20.1. The molecule has 0 heterocycles. The van der Waals surface area contributed by atoms with Crippen LogP contribution in [-0.4, -0.2) is 29.4 Å². The quantitative estimate of drug-likeness (QED) is 0.317. The Morgan fingerprint density at radius 1 is 1.18 bits per heavy atom. The molecule has 0 fully saturated rings. The zero-order valence-electron chi connectivity index (χ0n) is 15.3. The van der Waals surface area contributed by atoms with Crippen molar-refractivity contribution in [1.29, 1.82) is 5.41 Å². The molecule has 2 aromatic carbocycles. The van der Waals surface area contributed by atoms with Crippen LogP contribution in [0.5, 0.6) is 5.75 Å². The number of ether oxygens (including phenoxy) is 1. The van der Waals surface area contributed by atoms with E-state index in [9.17, 15) is 14.7 Å². The van der Waals surface area contributed by atoms with E-state index in [1.165, 1.54) is 0 Å². The van der Waals surface area contributed by atoms with Gasteiger partial charge < -0.3 is 26.6 Å². The van der Waals surface area contributed by atoms with Crippen LogP contribution >= 0.6 is 12.4 Å². The number of hydrogen-bond donors (Lipinski definition) is 5. The molecule has 1 atom stereocenters. The molecule has 1 amide bonds. The van der Waals surface area contributed by atoms with E-state index in [4.69, 9.17) is 21.6 Å². The summed E-state index contributed by atoms with van der Waals surface area (Å²) >= 11 is 0. The standard InChI is InChI=1S/C19H22N4O4.ClH/c1-2-11-3-8-15(27-10-16(20)24)14(9-11)17(19(25)26)23-13-6-4-12(5-7-13)18(21)22;/h3-9,17,23H,2,10H2,1H3,(H2,20,24)(H3,21,22)(H,25,26);1H. The Bertz CT molecular complexity index is 856. The van der Waals surface area contributed by atoms with Crippen LogP contribution in [-0.2, 0) is 16.0 Å². The molecule has 2 rings (SSSR count). The first-order valence-corrected chi connectivity index (χ1v) is 8.29. The molecule has 0 radical (unpaired) electrons. The van der Waals surface area contributed by atoms with Gasteiger partial charge in [0, 0.05) is 16.8 Å². The number of nitrogens with one attached hydrogen (secondary N) is 2. The lowest BCUT2D eigenvalue weighted by Gasteiger charge is -2.20. The van der Waals surface area contributed by atoms with Gasteiger partial charge in [0.05, 0.1) is 0 Å². The predicted molar refractivity (Wildman–Crippen MR) is 109 cm³/mol. The Hall–Kier alpha value is -3.26. The number of carbonyl (C=O) groups is 2. The van der Waals surface area contributed by atoms with Gasteiger partial charge in [0.1, 0.15) is 11.6 Å². The maximum Gasteiger partial charge on any atom is 0.330 e. The number of carbonyl (C=O) groups excluding carboxylic acids is 1. The van der Waals surface area contributed by atoms with E-state index in [1.807, 2.05) is 6.92 Å². The van der Waals surface area contributed by atoms with Gasteiger partial charge in [-0.25, -0.2) is 4.79 Å². The van der Waals surface area contributed by atoms with Crippen molar-refractivity contribution in [2.45, 2.75) is 19.4 Å². The van der Waals surface area contributed by atoms with Gasteiger partial charge in [0.25, 0.3) is 5.91 Å². The van der Waals surface area contributed by atoms with Crippen molar-refractivity contribution in [2.75, 3.05) is 11.9 Å². The molecule has 0 saturated heterocycles. The number of nitrogen functional groups attached to an aromatic ring is 1. The second kappa shape index (κ2) is 10.2. The second-order valence-corrected chi connectivity index (χ2v) is 5.89. The Kier molecular flexibility index (Phi) is 8.28. The Balaban J connectivity index is 0.00000392. The number of aryl methyl sites for hydroxylation is 1. The van der Waals surface area contributed by atoms with Crippen molar-refractivity contribution in [2.24, 2.45) is 11.5 Å². The smallest absolute Gasteiger partial charge is 0.330 e. The molecular formula is C19H23ClN4O4. The number of amidine groups is 1. The van der Waals surface area contributed by atoms with E-state index >= 15 is 0 Å². The monoisotopic (exact) mass is 406 g/mol. The Morgan fingerprint density at radius 2 is 1.82 bits per heavy atom. The van der Waals surface area contributed by atoms with Gasteiger partial charge >= 0.3 is 5.97 Å². The van der Waals surface area contributed by atoms with Gasteiger partial charge in [0.2, 0.25) is 0 Å². The largest absolute Gasteiger partial charge is 0.483 e. The molecule has 0 aliphatic rings. The first-order chi connectivity index (χ1) is 12.8. The summed E-state index contributed by atoms with van der Waals surface area (Å²) < 4.78 is 5.39. The van der Waals surface area contributed by atoms with Crippen LogP contribution in [0.4, 0.5) is 5.69 Å². The number of halogens is 1. The highest BCUT2D eigenvalue weighted by molar-refractivity contribution is 5.95. The SMILES string of the molecule is CCc1ccc(OCC(N)=O)c(C(Nc2ccc(C(=N)N)cc2)C(=O)O)c1.Cl. The molecule has 0 bridgehead atoms. The lowest BCUT2D eigenvalue weighted by molar-refractivity contribution is -0.138. The minimum absolute atomic E-state index is 0. The number of amides is 1. The third-order valence-electron chi connectivity index (χ3n) is 3.92. The third-order valence-corrected chi connectivity index (χ3v) is 3.92. The van der Waals surface area contributed by atoms with Crippen molar-refractivity contribution >= 4 is 35.8 Å².